The summed E-state index contributed by atoms with van der Waals surface area (Å²) in [5.41, 5.74) is -0.0987. The summed E-state index contributed by atoms with van der Waals surface area (Å²) in [7, 11) is 0. The Kier molecular flexibility index (Phi) is 5.18. The molecule has 2 rings (SSSR count). The molecule has 0 fully saturated rings. The topological polar surface area (TPSA) is 58.2 Å². The van der Waals surface area contributed by atoms with Crippen LogP contribution >= 0.6 is 0 Å². The molecule has 2 amide bonds. The second-order valence-corrected chi connectivity index (χ2v) is 4.81. The number of rotatable bonds is 4. The Morgan fingerprint density at radius 3 is 2.33 bits per heavy atom. The fourth-order valence-corrected chi connectivity index (χ4v) is 1.89. The lowest BCUT2D eigenvalue weighted by molar-refractivity contribution is -0.123. The van der Waals surface area contributed by atoms with Crippen molar-refractivity contribution in [2.24, 2.45) is 0 Å². The Balaban J connectivity index is 2.16. The van der Waals surface area contributed by atoms with E-state index in [1.54, 1.807) is 5.32 Å². The molecule has 0 aromatic heterocycles. The second-order valence-electron chi connectivity index (χ2n) is 4.81. The molecule has 0 bridgehead atoms. The zero-order valence-electron chi connectivity index (χ0n) is 12.2. The van der Waals surface area contributed by atoms with E-state index >= 15 is 0 Å². The van der Waals surface area contributed by atoms with Gasteiger partial charge in [-0.2, -0.15) is 13.2 Å². The van der Waals surface area contributed by atoms with E-state index in [-0.39, 0.29) is 16.8 Å². The van der Waals surface area contributed by atoms with Crippen molar-refractivity contribution in [3.05, 3.63) is 65.5 Å². The quantitative estimate of drug-likeness (QED) is 0.839. The van der Waals surface area contributed by atoms with Crippen LogP contribution in [0.5, 0.6) is 0 Å². The summed E-state index contributed by atoms with van der Waals surface area (Å²) in [4.78, 5) is 23.9. The van der Waals surface area contributed by atoms with E-state index in [0.29, 0.717) is 0 Å². The third kappa shape index (κ3) is 4.80. The molecule has 0 radical (unpaired) electrons. The number of carbonyl (C=O) groups is 2. The predicted octanol–water partition coefficient (Wildman–Crippen LogP) is 3.37. The monoisotopic (exact) mass is 340 g/mol. The molecule has 8 heteroatoms. The molecule has 126 valence electrons. The van der Waals surface area contributed by atoms with Crippen molar-refractivity contribution in [2.45, 2.75) is 6.18 Å². The lowest BCUT2D eigenvalue weighted by Crippen LogP contribution is -2.34. The van der Waals surface area contributed by atoms with E-state index in [1.807, 2.05) is 0 Å². The summed E-state index contributed by atoms with van der Waals surface area (Å²) in [6.07, 6.45) is -4.55. The van der Waals surface area contributed by atoms with Crippen LogP contribution in [0.15, 0.2) is 48.5 Å². The number of halogens is 4. The van der Waals surface area contributed by atoms with Gasteiger partial charge in [-0.05, 0) is 30.3 Å². The van der Waals surface area contributed by atoms with Gasteiger partial charge in [-0.15, -0.1) is 0 Å². The molecule has 24 heavy (non-hydrogen) atoms. The van der Waals surface area contributed by atoms with Crippen LogP contribution in [-0.2, 0) is 0 Å². The minimum absolute atomic E-state index is 0.0144. The molecule has 0 heterocycles. The zero-order valence-corrected chi connectivity index (χ0v) is 12.2. The number of carbonyl (C=O) groups excluding carboxylic acids is 2. The Labute approximate surface area is 134 Å². The number of anilines is 1. The molecule has 0 spiro atoms. The van der Waals surface area contributed by atoms with Crippen LogP contribution in [0.1, 0.15) is 20.7 Å². The van der Waals surface area contributed by atoms with Gasteiger partial charge >= 0.3 is 6.18 Å². The number of nitrogens with one attached hydrogen (secondary N) is 2. The average molecular weight is 340 g/mol. The molecule has 2 N–H and O–H groups in total. The van der Waals surface area contributed by atoms with Crippen LogP contribution in [0, 0.1) is 5.82 Å². The highest BCUT2D eigenvalue weighted by molar-refractivity contribution is 6.08. The standard InChI is InChI=1S/C16H12F4N2O2/c17-11-5-3-4-10(8-11)14(23)22-13-7-2-1-6-12(13)15(24)21-9-16(18,19)20/h1-8H,9H2,(H,21,24)(H,22,23). The van der Waals surface area contributed by atoms with Crippen LogP contribution in [0.3, 0.4) is 0 Å². The smallest absolute Gasteiger partial charge is 0.343 e. The predicted molar refractivity (Wildman–Crippen MR) is 79.2 cm³/mol. The first-order chi connectivity index (χ1) is 11.3. The van der Waals surface area contributed by atoms with Gasteiger partial charge in [0.15, 0.2) is 0 Å². The van der Waals surface area contributed by atoms with Crippen LogP contribution in [0.4, 0.5) is 23.2 Å². The SMILES string of the molecule is O=C(Nc1ccccc1C(=O)NCC(F)(F)F)c1cccc(F)c1. The van der Waals surface area contributed by atoms with Crippen molar-refractivity contribution in [3.8, 4) is 0 Å². The number of hydrogen-bond acceptors (Lipinski definition) is 2. The van der Waals surface area contributed by atoms with Crippen LogP contribution in [0.25, 0.3) is 0 Å². The summed E-state index contributed by atoms with van der Waals surface area (Å²) in [6, 6.07) is 10.4. The van der Waals surface area contributed by atoms with Crippen LogP contribution in [-0.4, -0.2) is 24.5 Å². The number of para-hydroxylation sites is 1. The second kappa shape index (κ2) is 7.12. The Bertz CT molecular complexity index is 760. The maximum atomic E-state index is 13.1. The van der Waals surface area contributed by atoms with E-state index in [0.717, 1.165) is 12.1 Å². The normalized spacial score (nSPS) is 11.0. The van der Waals surface area contributed by atoms with E-state index in [1.165, 1.54) is 36.4 Å². The summed E-state index contributed by atoms with van der Waals surface area (Å²) in [5, 5.41) is 4.11. The van der Waals surface area contributed by atoms with Crippen molar-refractivity contribution < 1.29 is 27.2 Å². The van der Waals surface area contributed by atoms with Crippen LogP contribution in [0.2, 0.25) is 0 Å². The lowest BCUT2D eigenvalue weighted by atomic mass is 10.1. The third-order valence-electron chi connectivity index (χ3n) is 2.96. The fraction of sp³-hybridized carbons (Fsp3) is 0.125. The number of amides is 2. The van der Waals surface area contributed by atoms with Crippen molar-refractivity contribution in [1.29, 1.82) is 0 Å². The molecule has 2 aromatic carbocycles. The van der Waals surface area contributed by atoms with E-state index in [4.69, 9.17) is 0 Å². The maximum absolute atomic E-state index is 13.1. The third-order valence-corrected chi connectivity index (χ3v) is 2.96. The van der Waals surface area contributed by atoms with E-state index in [2.05, 4.69) is 5.32 Å². The fourth-order valence-electron chi connectivity index (χ4n) is 1.89. The molecule has 4 nitrogen and oxygen atoms in total. The highest BCUT2D eigenvalue weighted by atomic mass is 19.4. The lowest BCUT2D eigenvalue weighted by Gasteiger charge is -2.12. The van der Waals surface area contributed by atoms with Gasteiger partial charge in [-0.25, -0.2) is 4.39 Å². The number of benzene rings is 2. The Hall–Kier alpha value is -2.90. The van der Waals surface area contributed by atoms with Gasteiger partial charge in [-0.3, -0.25) is 9.59 Å². The minimum Gasteiger partial charge on any atom is -0.343 e. The summed E-state index contributed by atoms with van der Waals surface area (Å²) >= 11 is 0. The van der Waals surface area contributed by atoms with Gasteiger partial charge in [0.05, 0.1) is 11.3 Å². The van der Waals surface area contributed by atoms with Gasteiger partial charge in [0.2, 0.25) is 0 Å². The first-order valence-corrected chi connectivity index (χ1v) is 6.77. The highest BCUT2D eigenvalue weighted by Gasteiger charge is 2.28. The molecule has 0 aliphatic carbocycles. The summed E-state index contributed by atoms with van der Waals surface area (Å²) < 4.78 is 49.7. The highest BCUT2D eigenvalue weighted by Crippen LogP contribution is 2.18. The molecule has 0 saturated carbocycles. The van der Waals surface area contributed by atoms with E-state index < -0.39 is 30.4 Å². The van der Waals surface area contributed by atoms with Crippen molar-refractivity contribution in [1.82, 2.24) is 5.32 Å². The molecule has 0 saturated heterocycles. The summed E-state index contributed by atoms with van der Waals surface area (Å²) in [6.45, 7) is -1.49. The van der Waals surface area contributed by atoms with Gasteiger partial charge in [0.25, 0.3) is 11.8 Å². The first kappa shape index (κ1) is 17.5. The van der Waals surface area contributed by atoms with Crippen molar-refractivity contribution in [3.63, 3.8) is 0 Å². The Morgan fingerprint density at radius 2 is 1.67 bits per heavy atom. The van der Waals surface area contributed by atoms with Crippen molar-refractivity contribution in [2.75, 3.05) is 11.9 Å². The largest absolute Gasteiger partial charge is 0.405 e. The molecule has 2 aromatic rings. The van der Waals surface area contributed by atoms with E-state index in [9.17, 15) is 27.2 Å². The molecule has 0 unspecified atom stereocenters. The molecular weight excluding hydrogens is 328 g/mol. The zero-order chi connectivity index (χ0) is 17.7. The van der Waals surface area contributed by atoms with Crippen LogP contribution < -0.4 is 10.6 Å². The molecule has 0 atom stereocenters. The van der Waals surface area contributed by atoms with Gasteiger partial charge in [0.1, 0.15) is 12.4 Å². The summed E-state index contributed by atoms with van der Waals surface area (Å²) in [5.74, 6) is -2.29. The molecule has 0 aliphatic heterocycles. The average Bonchev–Trinajstić information content (AvgIpc) is 2.52. The van der Waals surface area contributed by atoms with Gasteiger partial charge in [-0.1, -0.05) is 18.2 Å². The van der Waals surface area contributed by atoms with Crippen molar-refractivity contribution >= 4 is 17.5 Å². The molecular formula is C16H12F4N2O2. The molecule has 0 aliphatic rings. The maximum Gasteiger partial charge on any atom is 0.405 e. The first-order valence-electron chi connectivity index (χ1n) is 6.77. The minimum atomic E-state index is -4.55. The van der Waals surface area contributed by atoms with Gasteiger partial charge < -0.3 is 10.6 Å². The Morgan fingerprint density at radius 1 is 0.958 bits per heavy atom. The number of alkyl halides is 3. The van der Waals surface area contributed by atoms with Gasteiger partial charge in [0, 0.05) is 5.56 Å². The number of hydrogen-bond donors (Lipinski definition) is 2.